The summed E-state index contributed by atoms with van der Waals surface area (Å²) >= 11 is 5.20. The van der Waals surface area contributed by atoms with Gasteiger partial charge in [0.05, 0.1) is 19.4 Å². The average molecular weight is 361 g/mol. The van der Waals surface area contributed by atoms with Crippen molar-refractivity contribution in [3.8, 4) is 11.5 Å². The van der Waals surface area contributed by atoms with Crippen LogP contribution < -0.4 is 20.2 Å². The van der Waals surface area contributed by atoms with Crippen LogP contribution in [0.25, 0.3) is 0 Å². The van der Waals surface area contributed by atoms with E-state index in [1.165, 1.54) is 13.2 Å². The zero-order valence-electron chi connectivity index (χ0n) is 14.3. The van der Waals surface area contributed by atoms with Gasteiger partial charge in [-0.1, -0.05) is 0 Å². The fraction of sp³-hybridized carbons (Fsp3) is 0.222. The summed E-state index contributed by atoms with van der Waals surface area (Å²) in [5.41, 5.74) is 4.78. The highest BCUT2D eigenvalue weighted by atomic mass is 32.1. The van der Waals surface area contributed by atoms with Crippen LogP contribution in [0.15, 0.2) is 47.6 Å². The Kier molecular flexibility index (Phi) is 6.71. The fourth-order valence-electron chi connectivity index (χ4n) is 2.05. The molecule has 5 nitrogen and oxygen atoms in total. The summed E-state index contributed by atoms with van der Waals surface area (Å²) in [7, 11) is 1.42. The molecule has 2 rings (SSSR count). The number of hydrogen-bond acceptors (Lipinski definition) is 4. The molecule has 0 heterocycles. The Labute approximate surface area is 151 Å². The van der Waals surface area contributed by atoms with Crippen LogP contribution in [0.5, 0.6) is 11.5 Å². The molecule has 0 fully saturated rings. The van der Waals surface area contributed by atoms with Gasteiger partial charge in [0.2, 0.25) is 0 Å². The number of nitrogens with one attached hydrogen (secondary N) is 2. The van der Waals surface area contributed by atoms with Crippen LogP contribution in [-0.4, -0.2) is 24.5 Å². The number of thiocarbonyl (C=S) groups is 1. The van der Waals surface area contributed by atoms with Crippen molar-refractivity contribution in [2.24, 2.45) is 5.10 Å². The van der Waals surface area contributed by atoms with Crippen LogP contribution in [0.3, 0.4) is 0 Å². The number of ether oxygens (including phenoxy) is 2. The molecule has 0 aliphatic carbocycles. The van der Waals surface area contributed by atoms with Crippen molar-refractivity contribution in [2.75, 3.05) is 19.0 Å². The van der Waals surface area contributed by atoms with Gasteiger partial charge in [0.1, 0.15) is 5.75 Å². The Morgan fingerprint density at radius 1 is 1.20 bits per heavy atom. The van der Waals surface area contributed by atoms with Crippen molar-refractivity contribution in [3.05, 3.63) is 53.8 Å². The third-order valence-corrected chi connectivity index (χ3v) is 3.51. The summed E-state index contributed by atoms with van der Waals surface area (Å²) in [5, 5.41) is 7.51. The monoisotopic (exact) mass is 361 g/mol. The van der Waals surface area contributed by atoms with E-state index in [9.17, 15) is 4.39 Å². The summed E-state index contributed by atoms with van der Waals surface area (Å²) in [6.45, 7) is 4.31. The number of hydrazone groups is 1. The molecular formula is C18H20FN3O2S. The normalized spacial score (nSPS) is 11.0. The van der Waals surface area contributed by atoms with Crippen LogP contribution in [0, 0.1) is 5.82 Å². The van der Waals surface area contributed by atoms with Gasteiger partial charge in [-0.2, -0.15) is 5.10 Å². The topological polar surface area (TPSA) is 54.9 Å². The molecule has 25 heavy (non-hydrogen) atoms. The second kappa shape index (κ2) is 8.98. The van der Waals surface area contributed by atoms with Crippen molar-refractivity contribution in [1.29, 1.82) is 0 Å². The minimum Gasteiger partial charge on any atom is -0.494 e. The van der Waals surface area contributed by atoms with E-state index < -0.39 is 5.82 Å². The number of methoxy groups -OCH3 is 1. The number of halogens is 1. The van der Waals surface area contributed by atoms with Crippen molar-refractivity contribution >= 4 is 28.7 Å². The van der Waals surface area contributed by atoms with Gasteiger partial charge in [0.25, 0.3) is 0 Å². The molecule has 0 radical (unpaired) electrons. The third kappa shape index (κ3) is 5.42. The van der Waals surface area contributed by atoms with Crippen molar-refractivity contribution in [1.82, 2.24) is 5.43 Å². The largest absolute Gasteiger partial charge is 0.494 e. The first-order valence-electron chi connectivity index (χ1n) is 7.71. The number of hydrogen-bond donors (Lipinski definition) is 2. The lowest BCUT2D eigenvalue weighted by Gasteiger charge is -2.09. The number of nitrogens with zero attached hydrogens (tertiary/aromatic N) is 1. The highest BCUT2D eigenvalue weighted by Gasteiger charge is 2.06. The summed E-state index contributed by atoms with van der Waals surface area (Å²) in [6.07, 6.45) is 0. The molecule has 2 N–H and O–H groups in total. The smallest absolute Gasteiger partial charge is 0.191 e. The summed E-state index contributed by atoms with van der Waals surface area (Å²) < 4.78 is 24.0. The zero-order chi connectivity index (χ0) is 18.2. The Bertz CT molecular complexity index is 763. The van der Waals surface area contributed by atoms with Gasteiger partial charge in [-0.05, 0) is 68.5 Å². The van der Waals surface area contributed by atoms with Crippen molar-refractivity contribution in [3.63, 3.8) is 0 Å². The summed E-state index contributed by atoms with van der Waals surface area (Å²) in [6, 6.07) is 12.1. The second-order valence-corrected chi connectivity index (χ2v) is 5.48. The molecule has 2 aromatic rings. The van der Waals surface area contributed by atoms with Gasteiger partial charge in [-0.3, -0.25) is 5.43 Å². The first-order chi connectivity index (χ1) is 12.0. The van der Waals surface area contributed by atoms with Gasteiger partial charge in [-0.25, -0.2) is 4.39 Å². The highest BCUT2D eigenvalue weighted by molar-refractivity contribution is 7.80. The minimum atomic E-state index is -0.440. The third-order valence-electron chi connectivity index (χ3n) is 3.32. The number of anilines is 1. The van der Waals surface area contributed by atoms with E-state index in [-0.39, 0.29) is 5.75 Å². The first-order valence-corrected chi connectivity index (χ1v) is 8.12. The van der Waals surface area contributed by atoms with Gasteiger partial charge in [0.15, 0.2) is 16.7 Å². The molecule has 0 aliphatic rings. The molecule has 2 aromatic carbocycles. The number of rotatable bonds is 6. The molecular weight excluding hydrogens is 341 g/mol. The van der Waals surface area contributed by atoms with E-state index in [0.29, 0.717) is 23.0 Å². The van der Waals surface area contributed by atoms with E-state index in [0.717, 1.165) is 11.4 Å². The molecule has 7 heteroatoms. The predicted molar refractivity (Wildman–Crippen MR) is 102 cm³/mol. The predicted octanol–water partition coefficient (Wildman–Crippen LogP) is 3.94. The fourth-order valence-corrected chi connectivity index (χ4v) is 2.21. The molecule has 0 atom stereocenters. The Morgan fingerprint density at radius 2 is 1.92 bits per heavy atom. The van der Waals surface area contributed by atoms with Crippen LogP contribution in [0.4, 0.5) is 10.1 Å². The van der Waals surface area contributed by atoms with Gasteiger partial charge in [0, 0.05) is 11.3 Å². The van der Waals surface area contributed by atoms with E-state index in [1.807, 2.05) is 31.2 Å². The molecule has 0 saturated heterocycles. The lowest BCUT2D eigenvalue weighted by atomic mass is 10.1. The molecule has 0 bridgehead atoms. The Morgan fingerprint density at radius 3 is 2.52 bits per heavy atom. The molecule has 132 valence electrons. The van der Waals surface area contributed by atoms with Crippen LogP contribution in [0.2, 0.25) is 0 Å². The molecule has 0 aromatic heterocycles. The maximum Gasteiger partial charge on any atom is 0.191 e. The lowest BCUT2D eigenvalue weighted by Crippen LogP contribution is -2.24. The minimum absolute atomic E-state index is 0.192. The van der Waals surface area contributed by atoms with Gasteiger partial charge >= 0.3 is 0 Å². The van der Waals surface area contributed by atoms with Crippen LogP contribution in [-0.2, 0) is 0 Å². The summed E-state index contributed by atoms with van der Waals surface area (Å²) in [5.74, 6) is 0.546. The van der Waals surface area contributed by atoms with Gasteiger partial charge in [-0.15, -0.1) is 0 Å². The van der Waals surface area contributed by atoms with Crippen LogP contribution >= 0.6 is 12.2 Å². The van der Waals surface area contributed by atoms with E-state index >= 15 is 0 Å². The van der Waals surface area contributed by atoms with E-state index in [1.54, 1.807) is 19.1 Å². The molecule has 0 unspecified atom stereocenters. The maximum absolute atomic E-state index is 13.7. The van der Waals surface area contributed by atoms with E-state index in [4.69, 9.17) is 21.7 Å². The van der Waals surface area contributed by atoms with Crippen LogP contribution in [0.1, 0.15) is 19.4 Å². The number of benzene rings is 2. The lowest BCUT2D eigenvalue weighted by molar-refractivity contribution is 0.340. The molecule has 0 saturated carbocycles. The second-order valence-electron chi connectivity index (χ2n) is 5.07. The zero-order valence-corrected chi connectivity index (χ0v) is 15.1. The summed E-state index contributed by atoms with van der Waals surface area (Å²) in [4.78, 5) is 0. The maximum atomic E-state index is 13.7. The van der Waals surface area contributed by atoms with Crippen molar-refractivity contribution in [2.45, 2.75) is 13.8 Å². The van der Waals surface area contributed by atoms with Crippen molar-refractivity contribution < 1.29 is 13.9 Å². The Hall–Kier alpha value is -2.67. The van der Waals surface area contributed by atoms with E-state index in [2.05, 4.69) is 15.8 Å². The highest BCUT2D eigenvalue weighted by Crippen LogP contribution is 2.18. The quantitative estimate of drug-likeness (QED) is 0.464. The van der Waals surface area contributed by atoms with Gasteiger partial charge < -0.3 is 14.8 Å². The molecule has 0 spiro atoms. The molecule has 0 aliphatic heterocycles. The molecule has 0 amide bonds. The SMILES string of the molecule is CCOc1ccc(NC(=S)N/N=C(/C)c2ccc(OC)c(F)c2)cc1. The standard InChI is InChI=1S/C18H20FN3O2S/c1-4-24-15-8-6-14(7-9-15)20-18(25)22-21-12(2)13-5-10-17(23-3)16(19)11-13/h5-11H,4H2,1-3H3,(H2,20,22,25)/b21-12-. The average Bonchev–Trinajstić information content (AvgIpc) is 2.61. The Balaban J connectivity index is 1.95. The first kappa shape index (κ1) is 18.7.